The van der Waals surface area contributed by atoms with Crippen LogP contribution in [0.4, 0.5) is 0 Å². The number of fused-ring (bicyclic) bond motifs is 1. The first-order valence-corrected chi connectivity index (χ1v) is 6.64. The SMILES string of the molecule is COc1cc(C)c2[nH]c(=O)c(C3CCCN3)cc2c1. The molecule has 0 radical (unpaired) electrons. The number of aromatic amines is 1. The summed E-state index contributed by atoms with van der Waals surface area (Å²) < 4.78 is 5.29. The van der Waals surface area contributed by atoms with E-state index >= 15 is 0 Å². The zero-order valence-corrected chi connectivity index (χ0v) is 11.2. The Hall–Kier alpha value is -1.81. The molecule has 4 nitrogen and oxygen atoms in total. The number of pyridine rings is 1. The van der Waals surface area contributed by atoms with Crippen molar-refractivity contribution in [2.24, 2.45) is 0 Å². The molecule has 1 saturated heterocycles. The minimum atomic E-state index is 0.0140. The molecule has 2 N–H and O–H groups in total. The van der Waals surface area contributed by atoms with Crippen LogP contribution in [0, 0.1) is 6.92 Å². The molecule has 1 aromatic carbocycles. The van der Waals surface area contributed by atoms with Gasteiger partial charge < -0.3 is 15.0 Å². The van der Waals surface area contributed by atoms with Crippen LogP contribution >= 0.6 is 0 Å². The van der Waals surface area contributed by atoms with Crippen LogP contribution in [0.2, 0.25) is 0 Å². The summed E-state index contributed by atoms with van der Waals surface area (Å²) in [6, 6.07) is 6.08. The standard InChI is InChI=1S/C15H18N2O2/c1-9-6-11(19-2)7-10-8-12(13-4-3-5-16-13)15(18)17-14(9)10/h6-8,13,16H,3-5H2,1-2H3,(H,17,18). The molecule has 0 saturated carbocycles. The zero-order valence-electron chi connectivity index (χ0n) is 11.2. The average molecular weight is 258 g/mol. The maximum Gasteiger partial charge on any atom is 0.253 e. The number of hydrogen-bond donors (Lipinski definition) is 2. The van der Waals surface area contributed by atoms with Crippen molar-refractivity contribution < 1.29 is 4.74 Å². The molecule has 2 aromatic rings. The number of ether oxygens (including phenoxy) is 1. The second-order valence-corrected chi connectivity index (χ2v) is 5.11. The van der Waals surface area contributed by atoms with Crippen LogP contribution in [0.15, 0.2) is 23.0 Å². The van der Waals surface area contributed by atoms with Gasteiger partial charge in [0.25, 0.3) is 5.56 Å². The van der Waals surface area contributed by atoms with Crippen LogP contribution < -0.4 is 15.6 Å². The molecular weight excluding hydrogens is 240 g/mol. The predicted molar refractivity (Wildman–Crippen MR) is 75.8 cm³/mol. The van der Waals surface area contributed by atoms with E-state index < -0.39 is 0 Å². The summed E-state index contributed by atoms with van der Waals surface area (Å²) in [5, 5.41) is 4.40. The lowest BCUT2D eigenvalue weighted by molar-refractivity contribution is 0.415. The van der Waals surface area contributed by atoms with Gasteiger partial charge in [-0.2, -0.15) is 0 Å². The van der Waals surface area contributed by atoms with E-state index in [9.17, 15) is 4.79 Å². The quantitative estimate of drug-likeness (QED) is 0.868. The first kappa shape index (κ1) is 12.2. The van der Waals surface area contributed by atoms with Crippen molar-refractivity contribution >= 4 is 10.9 Å². The number of H-pyrrole nitrogens is 1. The Morgan fingerprint density at radius 1 is 1.32 bits per heavy atom. The van der Waals surface area contributed by atoms with Crippen LogP contribution in [0.3, 0.4) is 0 Å². The topological polar surface area (TPSA) is 54.1 Å². The zero-order chi connectivity index (χ0) is 13.4. The fraction of sp³-hybridized carbons (Fsp3) is 0.400. The van der Waals surface area contributed by atoms with Gasteiger partial charge >= 0.3 is 0 Å². The third-order valence-corrected chi connectivity index (χ3v) is 3.82. The summed E-state index contributed by atoms with van der Waals surface area (Å²) in [6.45, 7) is 2.97. The molecule has 0 bridgehead atoms. The summed E-state index contributed by atoms with van der Waals surface area (Å²) in [6.07, 6.45) is 2.15. The largest absolute Gasteiger partial charge is 0.497 e. The molecule has 0 spiro atoms. The fourth-order valence-corrected chi connectivity index (χ4v) is 2.81. The van der Waals surface area contributed by atoms with Crippen molar-refractivity contribution in [2.75, 3.05) is 13.7 Å². The third-order valence-electron chi connectivity index (χ3n) is 3.82. The number of nitrogens with one attached hydrogen (secondary N) is 2. The molecule has 1 aliphatic rings. The van der Waals surface area contributed by atoms with Crippen molar-refractivity contribution in [2.45, 2.75) is 25.8 Å². The Labute approximate surface area is 111 Å². The van der Waals surface area contributed by atoms with E-state index in [4.69, 9.17) is 4.74 Å². The van der Waals surface area contributed by atoms with Crippen LogP contribution in [-0.2, 0) is 0 Å². The number of aromatic nitrogens is 1. The highest BCUT2D eigenvalue weighted by Crippen LogP contribution is 2.26. The molecule has 1 aromatic heterocycles. The normalized spacial score (nSPS) is 18.9. The molecule has 100 valence electrons. The Kier molecular flexibility index (Phi) is 3.03. The first-order chi connectivity index (χ1) is 9.19. The van der Waals surface area contributed by atoms with Crippen molar-refractivity contribution in [3.63, 3.8) is 0 Å². The fourth-order valence-electron chi connectivity index (χ4n) is 2.81. The molecule has 0 aliphatic carbocycles. The van der Waals surface area contributed by atoms with Gasteiger partial charge in [0.15, 0.2) is 0 Å². The van der Waals surface area contributed by atoms with Crippen molar-refractivity contribution in [1.82, 2.24) is 10.3 Å². The molecule has 2 heterocycles. The van der Waals surface area contributed by atoms with Gasteiger partial charge in [0.1, 0.15) is 5.75 Å². The van der Waals surface area contributed by atoms with Gasteiger partial charge in [0.2, 0.25) is 0 Å². The summed E-state index contributed by atoms with van der Waals surface area (Å²) in [5.74, 6) is 0.822. The average Bonchev–Trinajstić information content (AvgIpc) is 2.92. The van der Waals surface area contributed by atoms with Gasteiger partial charge in [0.05, 0.1) is 12.6 Å². The molecule has 19 heavy (non-hydrogen) atoms. The van der Waals surface area contributed by atoms with Crippen LogP contribution in [0.1, 0.15) is 30.0 Å². The highest BCUT2D eigenvalue weighted by atomic mass is 16.5. The Morgan fingerprint density at radius 2 is 2.16 bits per heavy atom. The highest BCUT2D eigenvalue weighted by Gasteiger charge is 2.19. The van der Waals surface area contributed by atoms with Crippen LogP contribution in [0.5, 0.6) is 5.75 Å². The molecular formula is C15H18N2O2. The minimum absolute atomic E-state index is 0.0140. The van der Waals surface area contributed by atoms with Gasteiger partial charge in [-0.15, -0.1) is 0 Å². The van der Waals surface area contributed by atoms with Crippen LogP contribution in [-0.4, -0.2) is 18.6 Å². The Balaban J connectivity index is 2.20. The summed E-state index contributed by atoms with van der Waals surface area (Å²) >= 11 is 0. The van der Waals surface area contributed by atoms with Crippen molar-refractivity contribution in [1.29, 1.82) is 0 Å². The van der Waals surface area contributed by atoms with Gasteiger partial charge in [-0.25, -0.2) is 0 Å². The predicted octanol–water partition coefficient (Wildman–Crippen LogP) is 2.27. The van der Waals surface area contributed by atoms with Gasteiger partial charge in [-0.3, -0.25) is 4.79 Å². The second kappa shape index (κ2) is 4.70. The van der Waals surface area contributed by atoms with E-state index in [0.717, 1.165) is 47.2 Å². The van der Waals surface area contributed by atoms with E-state index in [2.05, 4.69) is 10.3 Å². The molecule has 1 atom stereocenters. The maximum atomic E-state index is 12.2. The van der Waals surface area contributed by atoms with Crippen molar-refractivity contribution in [3.8, 4) is 5.75 Å². The van der Waals surface area contributed by atoms with E-state index in [1.807, 2.05) is 25.1 Å². The lowest BCUT2D eigenvalue weighted by atomic mass is 10.0. The Bertz CT molecular complexity index is 670. The smallest absolute Gasteiger partial charge is 0.253 e. The molecule has 4 heteroatoms. The van der Waals surface area contributed by atoms with Crippen LogP contribution in [0.25, 0.3) is 10.9 Å². The molecule has 1 fully saturated rings. The molecule has 3 rings (SSSR count). The summed E-state index contributed by atoms with van der Waals surface area (Å²) in [7, 11) is 1.66. The van der Waals surface area contributed by atoms with Gasteiger partial charge in [-0.1, -0.05) is 0 Å². The Morgan fingerprint density at radius 3 is 2.84 bits per heavy atom. The molecule has 1 aliphatic heterocycles. The second-order valence-electron chi connectivity index (χ2n) is 5.11. The van der Waals surface area contributed by atoms with E-state index in [-0.39, 0.29) is 11.6 Å². The van der Waals surface area contributed by atoms with Gasteiger partial charge in [-0.05, 0) is 50.1 Å². The van der Waals surface area contributed by atoms with Crippen molar-refractivity contribution in [3.05, 3.63) is 39.7 Å². The van der Waals surface area contributed by atoms with E-state index in [1.165, 1.54) is 0 Å². The third kappa shape index (κ3) is 2.12. The van der Waals surface area contributed by atoms with E-state index in [0.29, 0.717) is 0 Å². The number of rotatable bonds is 2. The minimum Gasteiger partial charge on any atom is -0.497 e. The summed E-state index contributed by atoms with van der Waals surface area (Å²) in [4.78, 5) is 15.2. The number of methoxy groups -OCH3 is 1. The molecule has 0 amide bonds. The number of benzene rings is 1. The number of hydrogen-bond acceptors (Lipinski definition) is 3. The number of aryl methyl sites for hydroxylation is 1. The molecule has 1 unspecified atom stereocenters. The monoisotopic (exact) mass is 258 g/mol. The summed E-state index contributed by atoms with van der Waals surface area (Å²) in [5.41, 5.74) is 2.77. The van der Waals surface area contributed by atoms with E-state index in [1.54, 1.807) is 7.11 Å². The maximum absolute atomic E-state index is 12.2. The highest BCUT2D eigenvalue weighted by molar-refractivity contribution is 5.83. The first-order valence-electron chi connectivity index (χ1n) is 6.64. The lowest BCUT2D eigenvalue weighted by Gasteiger charge is -2.12. The van der Waals surface area contributed by atoms with Gasteiger partial charge in [0, 0.05) is 17.0 Å². The lowest BCUT2D eigenvalue weighted by Crippen LogP contribution is -2.22.